The largest absolute Gasteiger partial charge is 0.384 e. The highest BCUT2D eigenvalue weighted by molar-refractivity contribution is 5.34. The first-order chi connectivity index (χ1) is 8.18. The first-order valence-corrected chi connectivity index (χ1v) is 7.26. The lowest BCUT2D eigenvalue weighted by Crippen LogP contribution is -2.09. The molecule has 96 valence electrons. The Hall–Kier alpha value is -0.560. The lowest BCUT2D eigenvalue weighted by Gasteiger charge is -2.19. The molecule has 17 heavy (non-hydrogen) atoms. The van der Waals surface area contributed by atoms with Crippen molar-refractivity contribution in [2.45, 2.75) is 71.3 Å². The van der Waals surface area contributed by atoms with Gasteiger partial charge in [0.25, 0.3) is 0 Å². The van der Waals surface area contributed by atoms with Gasteiger partial charge in [-0.3, -0.25) is 0 Å². The Morgan fingerprint density at radius 1 is 1.12 bits per heavy atom. The van der Waals surface area contributed by atoms with Crippen molar-refractivity contribution in [3.05, 3.63) is 22.8 Å². The molecule has 2 aliphatic carbocycles. The summed E-state index contributed by atoms with van der Waals surface area (Å²) in [4.78, 5) is 0. The van der Waals surface area contributed by atoms with Crippen LogP contribution in [0, 0.1) is 5.92 Å². The lowest BCUT2D eigenvalue weighted by molar-refractivity contribution is 0.252. The van der Waals surface area contributed by atoms with Crippen LogP contribution in [0.1, 0.15) is 65.2 Å². The molecule has 2 fully saturated rings. The Morgan fingerprint density at radius 2 is 1.82 bits per heavy atom. The van der Waals surface area contributed by atoms with Crippen LogP contribution in [0.3, 0.4) is 0 Å². The summed E-state index contributed by atoms with van der Waals surface area (Å²) in [6.45, 7) is 4.47. The van der Waals surface area contributed by atoms with Crippen molar-refractivity contribution in [3.8, 4) is 0 Å². The molecule has 1 unspecified atom stereocenters. The van der Waals surface area contributed by atoms with E-state index in [0.29, 0.717) is 5.92 Å². The monoisotopic (exact) mass is 234 g/mol. The summed E-state index contributed by atoms with van der Waals surface area (Å²) in [5.41, 5.74) is 4.24. The summed E-state index contributed by atoms with van der Waals surface area (Å²) in [7, 11) is 0. The van der Waals surface area contributed by atoms with Crippen LogP contribution < -0.4 is 0 Å². The molecule has 0 aliphatic heterocycles. The average Bonchev–Trinajstić information content (AvgIpc) is 2.69. The SMILES string of the molecule is CC(C)CC=C1CCC(=C2CCCCC2)C1O. The Balaban J connectivity index is 2.06. The summed E-state index contributed by atoms with van der Waals surface area (Å²) in [5, 5.41) is 10.4. The molecule has 0 aromatic rings. The van der Waals surface area contributed by atoms with E-state index < -0.39 is 0 Å². The summed E-state index contributed by atoms with van der Waals surface area (Å²) < 4.78 is 0. The maximum absolute atomic E-state index is 10.4. The molecule has 2 aliphatic rings. The standard InChI is InChI=1S/C16H26O/c1-12(2)8-9-14-10-11-15(16(14)17)13-6-4-3-5-7-13/h9,12,16-17H,3-8,10-11H2,1-2H3. The predicted octanol–water partition coefficient (Wildman–Crippen LogP) is 4.37. The predicted molar refractivity (Wildman–Crippen MR) is 72.9 cm³/mol. The zero-order valence-corrected chi connectivity index (χ0v) is 11.3. The summed E-state index contributed by atoms with van der Waals surface area (Å²) in [5.74, 6) is 0.695. The first-order valence-electron chi connectivity index (χ1n) is 7.26. The quantitative estimate of drug-likeness (QED) is 0.703. The minimum atomic E-state index is -0.234. The molecule has 0 spiro atoms. The molecular formula is C16H26O. The van der Waals surface area contributed by atoms with E-state index >= 15 is 0 Å². The van der Waals surface area contributed by atoms with E-state index in [0.717, 1.165) is 19.3 Å². The van der Waals surface area contributed by atoms with Crippen LogP contribution in [0.25, 0.3) is 0 Å². The van der Waals surface area contributed by atoms with Gasteiger partial charge in [-0.2, -0.15) is 0 Å². The highest BCUT2D eigenvalue weighted by atomic mass is 16.3. The van der Waals surface area contributed by atoms with Gasteiger partial charge in [0.2, 0.25) is 0 Å². The van der Waals surface area contributed by atoms with Crippen molar-refractivity contribution in [2.24, 2.45) is 5.92 Å². The van der Waals surface area contributed by atoms with E-state index in [2.05, 4.69) is 19.9 Å². The van der Waals surface area contributed by atoms with Crippen molar-refractivity contribution >= 4 is 0 Å². The minimum absolute atomic E-state index is 0.234. The second-order valence-corrected chi connectivity index (χ2v) is 6.00. The van der Waals surface area contributed by atoms with Gasteiger partial charge >= 0.3 is 0 Å². The van der Waals surface area contributed by atoms with E-state index in [1.165, 1.54) is 43.3 Å². The highest BCUT2D eigenvalue weighted by Gasteiger charge is 2.26. The van der Waals surface area contributed by atoms with Crippen molar-refractivity contribution in [1.29, 1.82) is 0 Å². The molecule has 0 amide bonds. The fraction of sp³-hybridized carbons (Fsp3) is 0.750. The fourth-order valence-electron chi connectivity index (χ4n) is 3.05. The number of rotatable bonds is 2. The van der Waals surface area contributed by atoms with Gasteiger partial charge in [-0.25, -0.2) is 0 Å². The van der Waals surface area contributed by atoms with E-state index in [1.54, 1.807) is 5.57 Å². The Kier molecular flexibility index (Phi) is 4.44. The molecule has 0 saturated heterocycles. The van der Waals surface area contributed by atoms with Gasteiger partial charge in [0.15, 0.2) is 0 Å². The summed E-state index contributed by atoms with van der Waals surface area (Å²) >= 11 is 0. The van der Waals surface area contributed by atoms with Crippen molar-refractivity contribution < 1.29 is 5.11 Å². The zero-order chi connectivity index (χ0) is 12.3. The van der Waals surface area contributed by atoms with Gasteiger partial charge < -0.3 is 5.11 Å². The molecular weight excluding hydrogens is 208 g/mol. The highest BCUT2D eigenvalue weighted by Crippen LogP contribution is 2.37. The zero-order valence-electron chi connectivity index (χ0n) is 11.3. The average molecular weight is 234 g/mol. The van der Waals surface area contributed by atoms with Crippen LogP contribution >= 0.6 is 0 Å². The molecule has 1 nitrogen and oxygen atoms in total. The van der Waals surface area contributed by atoms with Gasteiger partial charge in [0.05, 0.1) is 6.10 Å². The van der Waals surface area contributed by atoms with Crippen LogP contribution in [-0.4, -0.2) is 11.2 Å². The Bertz CT molecular complexity index is 314. The van der Waals surface area contributed by atoms with Crippen molar-refractivity contribution in [2.75, 3.05) is 0 Å². The summed E-state index contributed by atoms with van der Waals surface area (Å²) in [6, 6.07) is 0. The lowest BCUT2D eigenvalue weighted by atomic mass is 9.89. The van der Waals surface area contributed by atoms with Gasteiger partial charge in [0, 0.05) is 0 Å². The third-order valence-electron chi connectivity index (χ3n) is 4.13. The molecule has 0 aromatic carbocycles. The smallest absolute Gasteiger partial charge is 0.0963 e. The number of hydrogen-bond donors (Lipinski definition) is 1. The fourth-order valence-corrected chi connectivity index (χ4v) is 3.05. The first kappa shape index (κ1) is 12.9. The molecule has 0 bridgehead atoms. The third-order valence-corrected chi connectivity index (χ3v) is 4.13. The van der Waals surface area contributed by atoms with E-state index in [-0.39, 0.29) is 6.10 Å². The topological polar surface area (TPSA) is 20.2 Å². The molecule has 2 saturated carbocycles. The molecule has 2 rings (SSSR count). The van der Waals surface area contributed by atoms with Gasteiger partial charge in [0.1, 0.15) is 0 Å². The molecule has 1 heteroatoms. The Labute approximate surface area is 106 Å². The van der Waals surface area contributed by atoms with Gasteiger partial charge in [-0.1, -0.05) is 31.9 Å². The number of allylic oxidation sites excluding steroid dienone is 2. The second kappa shape index (κ2) is 5.86. The van der Waals surface area contributed by atoms with E-state index in [4.69, 9.17) is 0 Å². The van der Waals surface area contributed by atoms with Crippen LogP contribution in [-0.2, 0) is 0 Å². The summed E-state index contributed by atoms with van der Waals surface area (Å²) in [6.07, 6.45) is 11.9. The van der Waals surface area contributed by atoms with Crippen molar-refractivity contribution in [3.63, 3.8) is 0 Å². The molecule has 1 N–H and O–H groups in total. The van der Waals surface area contributed by atoms with E-state index in [9.17, 15) is 5.11 Å². The minimum Gasteiger partial charge on any atom is -0.384 e. The number of aliphatic hydroxyl groups is 1. The maximum Gasteiger partial charge on any atom is 0.0963 e. The van der Waals surface area contributed by atoms with Crippen LogP contribution in [0.15, 0.2) is 22.8 Å². The van der Waals surface area contributed by atoms with Crippen LogP contribution in [0.5, 0.6) is 0 Å². The number of hydrogen-bond acceptors (Lipinski definition) is 1. The molecule has 0 aromatic heterocycles. The van der Waals surface area contributed by atoms with Crippen LogP contribution in [0.2, 0.25) is 0 Å². The Morgan fingerprint density at radius 3 is 2.47 bits per heavy atom. The molecule has 1 atom stereocenters. The second-order valence-electron chi connectivity index (χ2n) is 6.00. The third kappa shape index (κ3) is 3.22. The normalized spacial score (nSPS) is 28.5. The van der Waals surface area contributed by atoms with E-state index in [1.807, 2.05) is 0 Å². The van der Waals surface area contributed by atoms with Gasteiger partial charge in [-0.05, 0) is 62.0 Å². The number of aliphatic hydroxyl groups excluding tert-OH is 1. The maximum atomic E-state index is 10.4. The molecule has 0 heterocycles. The van der Waals surface area contributed by atoms with Gasteiger partial charge in [-0.15, -0.1) is 0 Å². The van der Waals surface area contributed by atoms with Crippen molar-refractivity contribution in [1.82, 2.24) is 0 Å². The van der Waals surface area contributed by atoms with Crippen LogP contribution in [0.4, 0.5) is 0 Å². The molecule has 0 radical (unpaired) electrons.